The summed E-state index contributed by atoms with van der Waals surface area (Å²) < 4.78 is 0. The molecule has 1 spiro atoms. The molecule has 35 heavy (non-hydrogen) atoms. The summed E-state index contributed by atoms with van der Waals surface area (Å²) in [7, 11) is 0. The molecule has 2 aliphatic rings. The number of fused-ring (bicyclic) bond motifs is 1. The standard InChI is InChI=1S/C27H20Cl2N2O3S/c1-16(32)34-31-25-23(18-6-8-19(28)9-7-18)27(15-14-17-4-2-3-5-22(17)24(27)33)26(35-25)30-21-12-10-20(29)11-13-21/h2-13,23H,14-15H2,1H3/b30-26?,31-25-/t23-,27+/m1/s1. The van der Waals surface area contributed by atoms with Crippen molar-refractivity contribution >= 4 is 62.5 Å². The van der Waals surface area contributed by atoms with Crippen molar-refractivity contribution in [2.24, 2.45) is 15.6 Å². The largest absolute Gasteiger partial charge is 0.332 e. The summed E-state index contributed by atoms with van der Waals surface area (Å²) in [6, 6.07) is 22.2. The minimum absolute atomic E-state index is 0.0208. The average molecular weight is 523 g/mol. The van der Waals surface area contributed by atoms with Crippen LogP contribution >= 0.6 is 35.0 Å². The van der Waals surface area contributed by atoms with E-state index in [0.717, 1.165) is 11.1 Å². The van der Waals surface area contributed by atoms with Crippen LogP contribution in [0.4, 0.5) is 5.69 Å². The molecule has 1 heterocycles. The number of carbonyl (C=O) groups excluding carboxylic acids is 2. The molecule has 0 bridgehead atoms. The Bertz CT molecular complexity index is 1370. The molecule has 3 aromatic carbocycles. The van der Waals surface area contributed by atoms with Crippen molar-refractivity contribution in [2.45, 2.75) is 25.7 Å². The maximum absolute atomic E-state index is 14.3. The number of Topliss-reactive ketones (excluding diaryl/α,β-unsaturated/α-hetero) is 1. The van der Waals surface area contributed by atoms with E-state index in [1.54, 1.807) is 24.3 Å². The number of hydrogen-bond acceptors (Lipinski definition) is 6. The molecule has 0 radical (unpaired) electrons. The Morgan fingerprint density at radius 3 is 2.34 bits per heavy atom. The highest BCUT2D eigenvalue weighted by atomic mass is 35.5. The second-order valence-corrected chi connectivity index (χ2v) is 10.3. The van der Waals surface area contributed by atoms with Crippen LogP contribution in [0.25, 0.3) is 0 Å². The van der Waals surface area contributed by atoms with Gasteiger partial charge in [-0.2, -0.15) is 0 Å². The van der Waals surface area contributed by atoms with E-state index < -0.39 is 17.3 Å². The van der Waals surface area contributed by atoms with Gasteiger partial charge in [-0.15, -0.1) is 0 Å². The molecule has 176 valence electrons. The molecule has 1 aliphatic carbocycles. The van der Waals surface area contributed by atoms with Gasteiger partial charge in [-0.05, 0) is 60.4 Å². The SMILES string of the molecule is CC(=O)O/N=C1\SC(=Nc2ccc(Cl)cc2)[C@@]2(CCc3ccccc3C2=O)[C@@H]1c1ccc(Cl)cc1. The summed E-state index contributed by atoms with van der Waals surface area (Å²) in [6.45, 7) is 1.29. The Balaban J connectivity index is 1.74. The molecule has 5 rings (SSSR count). The second-order valence-electron chi connectivity index (χ2n) is 8.45. The molecule has 5 nitrogen and oxygen atoms in total. The minimum atomic E-state index is -1.01. The number of carbonyl (C=O) groups is 2. The number of nitrogens with zero attached hydrogens (tertiary/aromatic N) is 2. The molecule has 0 aromatic heterocycles. The zero-order valence-corrected chi connectivity index (χ0v) is 21.0. The first-order chi connectivity index (χ1) is 16.9. The number of rotatable bonds is 3. The fraction of sp³-hybridized carbons (Fsp3) is 0.185. The van der Waals surface area contributed by atoms with Gasteiger partial charge in [0.2, 0.25) is 0 Å². The number of ketones is 1. The predicted octanol–water partition coefficient (Wildman–Crippen LogP) is 7.25. The third-order valence-corrected chi connectivity index (χ3v) is 7.98. The van der Waals surface area contributed by atoms with E-state index in [0.29, 0.717) is 44.2 Å². The third kappa shape index (κ3) is 4.42. The third-order valence-electron chi connectivity index (χ3n) is 6.30. The van der Waals surface area contributed by atoms with Gasteiger partial charge in [0.05, 0.1) is 22.1 Å². The van der Waals surface area contributed by atoms with Gasteiger partial charge in [-0.1, -0.05) is 76.5 Å². The quantitative estimate of drug-likeness (QED) is 0.268. The van der Waals surface area contributed by atoms with Gasteiger partial charge in [0.15, 0.2) is 5.78 Å². The summed E-state index contributed by atoms with van der Waals surface area (Å²) in [6.07, 6.45) is 1.24. The monoisotopic (exact) mass is 522 g/mol. The van der Waals surface area contributed by atoms with Gasteiger partial charge in [-0.3, -0.25) is 4.79 Å². The summed E-state index contributed by atoms with van der Waals surface area (Å²) in [4.78, 5) is 35.9. The van der Waals surface area contributed by atoms with Crippen molar-refractivity contribution in [3.05, 3.63) is 99.5 Å². The number of oxime groups is 1. The molecular formula is C27H20Cl2N2O3S. The van der Waals surface area contributed by atoms with Gasteiger partial charge < -0.3 is 4.84 Å². The molecule has 1 saturated heterocycles. The van der Waals surface area contributed by atoms with Crippen LogP contribution in [-0.2, 0) is 16.1 Å². The highest BCUT2D eigenvalue weighted by Crippen LogP contribution is 2.57. The van der Waals surface area contributed by atoms with Crippen LogP contribution in [0.5, 0.6) is 0 Å². The van der Waals surface area contributed by atoms with Crippen molar-refractivity contribution in [2.75, 3.05) is 0 Å². The Morgan fingerprint density at radius 2 is 1.66 bits per heavy atom. The molecule has 0 unspecified atom stereocenters. The summed E-state index contributed by atoms with van der Waals surface area (Å²) in [5.41, 5.74) is 2.20. The summed E-state index contributed by atoms with van der Waals surface area (Å²) in [5.74, 6) is -1.05. The molecule has 2 atom stereocenters. The number of aryl methyl sites for hydroxylation is 1. The normalized spacial score (nSPS) is 23.6. The molecule has 3 aromatic rings. The molecule has 0 N–H and O–H groups in total. The number of hydrogen-bond donors (Lipinski definition) is 0. The Morgan fingerprint density at radius 1 is 1.00 bits per heavy atom. The van der Waals surface area contributed by atoms with E-state index in [1.165, 1.54) is 18.7 Å². The maximum Gasteiger partial charge on any atom is 0.332 e. The summed E-state index contributed by atoms with van der Waals surface area (Å²) in [5, 5.41) is 6.49. The molecular weight excluding hydrogens is 503 g/mol. The van der Waals surface area contributed by atoms with Crippen LogP contribution in [0.15, 0.2) is 82.9 Å². The van der Waals surface area contributed by atoms with Crippen LogP contribution in [-0.4, -0.2) is 21.8 Å². The van der Waals surface area contributed by atoms with Crippen molar-refractivity contribution in [1.82, 2.24) is 0 Å². The van der Waals surface area contributed by atoms with E-state index in [9.17, 15) is 9.59 Å². The number of benzene rings is 3. The van der Waals surface area contributed by atoms with E-state index in [-0.39, 0.29) is 5.78 Å². The highest BCUT2D eigenvalue weighted by Gasteiger charge is 2.60. The van der Waals surface area contributed by atoms with E-state index in [1.807, 2.05) is 48.5 Å². The van der Waals surface area contributed by atoms with Crippen LogP contribution in [0.3, 0.4) is 0 Å². The number of aliphatic imine (C=N–C) groups is 1. The number of thioether (sulfide) groups is 1. The van der Waals surface area contributed by atoms with Crippen molar-refractivity contribution in [3.8, 4) is 0 Å². The first kappa shape index (κ1) is 23.8. The molecule has 0 saturated carbocycles. The molecule has 8 heteroatoms. The predicted molar refractivity (Wildman–Crippen MR) is 141 cm³/mol. The van der Waals surface area contributed by atoms with Gasteiger partial charge in [0.1, 0.15) is 5.04 Å². The smallest absolute Gasteiger partial charge is 0.318 e. The maximum atomic E-state index is 14.3. The van der Waals surface area contributed by atoms with Gasteiger partial charge in [0, 0.05) is 22.5 Å². The van der Waals surface area contributed by atoms with E-state index in [4.69, 9.17) is 33.0 Å². The lowest BCUT2D eigenvalue weighted by atomic mass is 9.62. The van der Waals surface area contributed by atoms with Crippen LogP contribution in [0.2, 0.25) is 10.0 Å². The van der Waals surface area contributed by atoms with Gasteiger partial charge in [0.25, 0.3) is 0 Å². The second kappa shape index (κ2) is 9.61. The van der Waals surface area contributed by atoms with Crippen molar-refractivity contribution in [3.63, 3.8) is 0 Å². The first-order valence-corrected chi connectivity index (χ1v) is 12.6. The number of halogens is 2. The average Bonchev–Trinajstić information content (AvgIpc) is 3.16. The molecule has 1 aliphatic heterocycles. The lowest BCUT2D eigenvalue weighted by Gasteiger charge is -2.37. The van der Waals surface area contributed by atoms with Crippen LogP contribution in [0.1, 0.15) is 40.7 Å². The van der Waals surface area contributed by atoms with Crippen LogP contribution in [0, 0.1) is 5.41 Å². The zero-order chi connectivity index (χ0) is 24.6. The fourth-order valence-electron chi connectivity index (χ4n) is 4.73. The Kier molecular flexibility index (Phi) is 6.53. The Labute approximate surface area is 217 Å². The zero-order valence-electron chi connectivity index (χ0n) is 18.7. The topological polar surface area (TPSA) is 68.1 Å². The lowest BCUT2D eigenvalue weighted by molar-refractivity contribution is -0.140. The van der Waals surface area contributed by atoms with Crippen molar-refractivity contribution < 1.29 is 14.4 Å². The van der Waals surface area contributed by atoms with E-state index in [2.05, 4.69) is 5.16 Å². The van der Waals surface area contributed by atoms with Crippen molar-refractivity contribution in [1.29, 1.82) is 0 Å². The minimum Gasteiger partial charge on any atom is -0.318 e. The summed E-state index contributed by atoms with van der Waals surface area (Å²) >= 11 is 13.5. The van der Waals surface area contributed by atoms with E-state index >= 15 is 0 Å². The highest BCUT2D eigenvalue weighted by molar-refractivity contribution is 8.27. The van der Waals surface area contributed by atoms with Gasteiger partial charge in [-0.25, -0.2) is 9.79 Å². The molecule has 0 amide bonds. The molecule has 1 fully saturated rings. The Hall–Kier alpha value is -2.93. The lowest BCUT2D eigenvalue weighted by Crippen LogP contribution is -2.44. The van der Waals surface area contributed by atoms with Crippen LogP contribution < -0.4 is 0 Å². The fourth-order valence-corrected chi connectivity index (χ4v) is 6.35. The first-order valence-electron chi connectivity index (χ1n) is 11.0. The van der Waals surface area contributed by atoms with Gasteiger partial charge >= 0.3 is 5.97 Å².